The summed E-state index contributed by atoms with van der Waals surface area (Å²) in [7, 11) is 0. The Morgan fingerprint density at radius 3 is 1.97 bits per heavy atom. The number of aryl methyl sites for hydroxylation is 2. The maximum absolute atomic E-state index is 7.57. The normalized spacial score (nSPS) is 21.0. The molecule has 6 aromatic rings. The number of rotatable bonds is 3. The summed E-state index contributed by atoms with van der Waals surface area (Å²) in [5, 5.41) is 1.23. The third-order valence-corrected chi connectivity index (χ3v) is 16.8. The van der Waals surface area contributed by atoms with Crippen molar-refractivity contribution in [2.45, 2.75) is 160 Å². The van der Waals surface area contributed by atoms with E-state index in [9.17, 15) is 0 Å². The number of alkyl halides is 1. The van der Waals surface area contributed by atoms with Crippen molar-refractivity contribution in [3.8, 4) is 0 Å². The number of anilines is 6. The van der Waals surface area contributed by atoms with Crippen molar-refractivity contribution in [1.29, 1.82) is 0 Å². The van der Waals surface area contributed by atoms with E-state index in [0.717, 1.165) is 17.7 Å². The van der Waals surface area contributed by atoms with Crippen LogP contribution in [0.4, 0.5) is 34.1 Å². The van der Waals surface area contributed by atoms with Crippen LogP contribution in [0.2, 0.25) is 0 Å². The first-order chi connectivity index (χ1) is 29.0. The van der Waals surface area contributed by atoms with E-state index in [0.29, 0.717) is 5.92 Å². The number of fused-ring (bicyclic) bond motifs is 8. The number of furan rings is 1. The van der Waals surface area contributed by atoms with Gasteiger partial charge in [-0.3, -0.25) is 0 Å². The van der Waals surface area contributed by atoms with Gasteiger partial charge in [0, 0.05) is 37.2 Å². The first kappa shape index (κ1) is 42.0. The summed E-state index contributed by atoms with van der Waals surface area (Å²) in [5.41, 5.74) is 23.6. The molecule has 0 radical (unpaired) electrons. The lowest BCUT2D eigenvalue weighted by molar-refractivity contribution is 0.332. The number of halogens is 1. The molecule has 0 spiro atoms. The van der Waals surface area contributed by atoms with Gasteiger partial charge < -0.3 is 14.2 Å². The fraction of sp³-hybridized carbons (Fsp3) is 0.439. The van der Waals surface area contributed by atoms with Crippen LogP contribution in [0.1, 0.15) is 166 Å². The largest absolute Gasteiger partial charge is 0.468 e. The van der Waals surface area contributed by atoms with Gasteiger partial charge in [-0.25, -0.2) is 0 Å². The van der Waals surface area contributed by atoms with Crippen LogP contribution in [0, 0.1) is 6.92 Å². The number of hydrogen-bond acceptors (Lipinski definition) is 3. The second kappa shape index (κ2) is 13.8. The molecule has 0 N–H and O–H groups in total. The molecule has 10 rings (SSSR count). The van der Waals surface area contributed by atoms with E-state index < -0.39 is 0 Å². The number of benzene rings is 5. The van der Waals surface area contributed by atoms with Crippen molar-refractivity contribution in [3.63, 3.8) is 0 Å². The molecule has 0 fully saturated rings. The molecule has 62 heavy (non-hydrogen) atoms. The monoisotopic (exact) mass is 932 g/mol. The van der Waals surface area contributed by atoms with Crippen LogP contribution in [-0.4, -0.2) is 6.71 Å². The average molecular weight is 933 g/mol. The highest BCUT2D eigenvalue weighted by Gasteiger charge is 2.48. The SMILES string of the molecule is CCc1cc2c3c(c1)N(c1ccc4c(c1)C(C)(C)CCC4(C)C)c1c(oc4cc5c(cc14)C(C)CCC5(C)I)B3c1cc(C(C)(C)C)ccc1N2c1ccc(C(C)(C)C)cc1C. The van der Waals surface area contributed by atoms with Gasteiger partial charge in [0.1, 0.15) is 5.58 Å². The zero-order valence-electron chi connectivity index (χ0n) is 39.9. The van der Waals surface area contributed by atoms with Crippen molar-refractivity contribution in [3.05, 3.63) is 123 Å². The Kier molecular flexibility index (Phi) is 9.33. The lowest BCUT2D eigenvalue weighted by Gasteiger charge is -2.45. The highest BCUT2D eigenvalue weighted by molar-refractivity contribution is 14.1. The molecule has 3 nitrogen and oxygen atoms in total. The van der Waals surface area contributed by atoms with Gasteiger partial charge in [-0.15, -0.1) is 0 Å². The Morgan fingerprint density at radius 2 is 1.32 bits per heavy atom. The van der Waals surface area contributed by atoms with Gasteiger partial charge in [-0.1, -0.05) is 136 Å². The van der Waals surface area contributed by atoms with E-state index >= 15 is 0 Å². The summed E-state index contributed by atoms with van der Waals surface area (Å²) >= 11 is 2.71. The molecular weight excluding hydrogens is 866 g/mol. The molecule has 3 heterocycles. The first-order valence-corrected chi connectivity index (χ1v) is 24.6. The van der Waals surface area contributed by atoms with Crippen LogP contribution in [-0.2, 0) is 31.5 Å². The van der Waals surface area contributed by atoms with Crippen LogP contribution >= 0.6 is 22.6 Å². The van der Waals surface area contributed by atoms with E-state index in [2.05, 4.69) is 208 Å². The minimum Gasteiger partial charge on any atom is -0.468 e. The Labute approximate surface area is 386 Å². The van der Waals surface area contributed by atoms with Crippen molar-refractivity contribution < 1.29 is 4.42 Å². The highest BCUT2D eigenvalue weighted by atomic mass is 127. The van der Waals surface area contributed by atoms with Crippen molar-refractivity contribution in [2.75, 3.05) is 9.80 Å². The van der Waals surface area contributed by atoms with E-state index in [4.69, 9.17) is 4.42 Å². The average Bonchev–Trinajstić information content (AvgIpc) is 3.58. The third kappa shape index (κ3) is 6.31. The second-order valence-electron chi connectivity index (χ2n) is 23.2. The van der Waals surface area contributed by atoms with Crippen LogP contribution in [0.25, 0.3) is 11.0 Å². The number of hydrogen-bond donors (Lipinski definition) is 0. The van der Waals surface area contributed by atoms with Crippen LogP contribution < -0.4 is 26.4 Å². The molecule has 0 amide bonds. The van der Waals surface area contributed by atoms with Crippen LogP contribution in [0.15, 0.2) is 83.3 Å². The van der Waals surface area contributed by atoms with Gasteiger partial charge in [0.05, 0.1) is 11.3 Å². The Hall–Kier alpha value is -3.97. The molecule has 4 aliphatic rings. The molecule has 2 aliphatic carbocycles. The molecule has 2 aliphatic heterocycles. The summed E-state index contributed by atoms with van der Waals surface area (Å²) in [6.07, 6.45) is 5.68. The van der Waals surface area contributed by atoms with E-state index in [1.54, 1.807) is 0 Å². The molecular formula is C57H66BIN2O. The fourth-order valence-corrected chi connectivity index (χ4v) is 12.3. The lowest BCUT2D eigenvalue weighted by atomic mass is 9.35. The summed E-state index contributed by atoms with van der Waals surface area (Å²) in [5.74, 6) is 0.489. The third-order valence-electron chi connectivity index (χ3n) is 15.7. The highest BCUT2D eigenvalue weighted by Crippen LogP contribution is 2.54. The van der Waals surface area contributed by atoms with Gasteiger partial charge in [0.2, 0.25) is 0 Å². The smallest absolute Gasteiger partial charge is 0.297 e. The topological polar surface area (TPSA) is 19.6 Å². The van der Waals surface area contributed by atoms with Gasteiger partial charge in [-0.2, -0.15) is 0 Å². The molecule has 1 aromatic heterocycles. The Morgan fingerprint density at radius 1 is 0.694 bits per heavy atom. The molecule has 5 aromatic carbocycles. The van der Waals surface area contributed by atoms with Gasteiger partial charge in [0.15, 0.2) is 0 Å². The van der Waals surface area contributed by atoms with E-state index in [1.807, 2.05) is 0 Å². The maximum atomic E-state index is 7.57. The van der Waals surface area contributed by atoms with Crippen molar-refractivity contribution >= 4 is 91.0 Å². The minimum atomic E-state index is -0.0827. The maximum Gasteiger partial charge on any atom is 0.297 e. The van der Waals surface area contributed by atoms with E-state index in [1.165, 1.54) is 121 Å². The van der Waals surface area contributed by atoms with E-state index in [-0.39, 0.29) is 31.8 Å². The summed E-state index contributed by atoms with van der Waals surface area (Å²) < 4.78 is 7.63. The Bertz CT molecular complexity index is 2840. The van der Waals surface area contributed by atoms with Crippen LogP contribution in [0.5, 0.6) is 0 Å². The van der Waals surface area contributed by atoms with Crippen molar-refractivity contribution in [2.24, 2.45) is 0 Å². The quantitative estimate of drug-likeness (QED) is 0.1000. The Balaban J connectivity index is 1.34. The zero-order valence-corrected chi connectivity index (χ0v) is 42.0. The lowest BCUT2D eigenvalue weighted by Crippen LogP contribution is -2.61. The predicted octanol–water partition coefficient (Wildman–Crippen LogP) is 14.9. The molecule has 5 heteroatoms. The molecule has 0 saturated carbocycles. The molecule has 2 atom stereocenters. The molecule has 320 valence electrons. The number of nitrogens with zero attached hydrogens (tertiary/aromatic N) is 2. The van der Waals surface area contributed by atoms with Gasteiger partial charge in [-0.05, 0) is 177 Å². The summed E-state index contributed by atoms with van der Waals surface area (Å²) in [6, 6.07) is 32.0. The van der Waals surface area contributed by atoms with Gasteiger partial charge in [0.25, 0.3) is 6.71 Å². The second-order valence-corrected chi connectivity index (χ2v) is 25.5. The summed E-state index contributed by atoms with van der Waals surface area (Å²) in [4.78, 5) is 5.24. The molecule has 0 saturated heterocycles. The standard InChI is InChI=1S/C57H66BIN2O/c1-15-35-27-47-50-48(28-35)61(45-20-16-36(26-34(45)3)53(4,5)6)46-21-17-37(54(7,8)9)29-44(46)58(50)52-51(40-31-39-33(2)22-23-57(14,59)42(39)32-49(40)62-52)60(47)38-18-19-41-43(30-38)56(12,13)25-24-55(41,10)11/h16-21,26-33H,15,22-25H2,1-14H3. The van der Waals surface area contributed by atoms with Gasteiger partial charge >= 0.3 is 0 Å². The van der Waals surface area contributed by atoms with Crippen LogP contribution in [0.3, 0.4) is 0 Å². The molecule has 2 unspecified atom stereocenters. The fourth-order valence-electron chi connectivity index (χ4n) is 11.5. The summed E-state index contributed by atoms with van der Waals surface area (Å²) in [6.45, 7) is 33.2. The minimum absolute atomic E-state index is 0.0274. The first-order valence-electron chi connectivity index (χ1n) is 23.5. The molecule has 0 bridgehead atoms. The van der Waals surface area contributed by atoms with Crippen molar-refractivity contribution in [1.82, 2.24) is 0 Å². The zero-order chi connectivity index (χ0) is 44.2. The predicted molar refractivity (Wildman–Crippen MR) is 276 cm³/mol.